The summed E-state index contributed by atoms with van der Waals surface area (Å²) in [5.74, 6) is 0.371. The van der Waals surface area contributed by atoms with Crippen molar-refractivity contribution in [3.05, 3.63) is 39.2 Å². The monoisotopic (exact) mass is 262 g/mol. The van der Waals surface area contributed by atoms with E-state index in [1.807, 2.05) is 0 Å². The highest BCUT2D eigenvalue weighted by atomic mass is 16.3. The average Bonchev–Trinajstić information content (AvgIpc) is 2.39. The van der Waals surface area contributed by atoms with Gasteiger partial charge in [0, 0.05) is 18.4 Å². The third-order valence-electron chi connectivity index (χ3n) is 3.54. The fourth-order valence-corrected chi connectivity index (χ4v) is 2.57. The molecule has 0 amide bonds. The Hall–Kier alpha value is -1.85. The largest absolute Gasteiger partial charge is 0.507 e. The predicted molar refractivity (Wildman–Crippen MR) is 68.1 cm³/mol. The summed E-state index contributed by atoms with van der Waals surface area (Å²) in [6, 6.07) is 2.91. The van der Waals surface area contributed by atoms with Crippen molar-refractivity contribution in [3.8, 4) is 5.75 Å². The summed E-state index contributed by atoms with van der Waals surface area (Å²) in [6.45, 7) is -0.233. The first-order valence-electron chi connectivity index (χ1n) is 6.19. The standard InChI is InChI=1S/C14H14O5/c15-6-7-3-10(17)13-12(4-7)19-11-2-1-8(16)5-9(11)14(13)18/h3-4,8,15-17H,1-2,5-6H2/t8-/m1/s1. The fraction of sp³-hybridized carbons (Fsp3) is 0.357. The fourth-order valence-electron chi connectivity index (χ4n) is 2.57. The molecule has 1 aliphatic rings. The van der Waals surface area contributed by atoms with Crippen molar-refractivity contribution in [2.75, 3.05) is 0 Å². The number of rotatable bonds is 1. The van der Waals surface area contributed by atoms with Crippen molar-refractivity contribution in [2.45, 2.75) is 32.0 Å². The highest BCUT2D eigenvalue weighted by molar-refractivity contribution is 5.84. The van der Waals surface area contributed by atoms with Crippen molar-refractivity contribution in [3.63, 3.8) is 0 Å². The van der Waals surface area contributed by atoms with Crippen LogP contribution in [0.1, 0.15) is 23.3 Å². The molecule has 0 bridgehead atoms. The minimum atomic E-state index is -0.535. The molecule has 1 heterocycles. The predicted octanol–water partition coefficient (Wildman–Crippen LogP) is 0.840. The number of aliphatic hydroxyl groups excluding tert-OH is 2. The SMILES string of the molecule is O=c1c2c(oc3cc(CO)cc(O)c13)CC[C@@H](O)C2. The lowest BCUT2D eigenvalue weighted by Gasteiger charge is -2.19. The molecule has 0 unspecified atom stereocenters. The van der Waals surface area contributed by atoms with E-state index in [0.29, 0.717) is 29.7 Å². The van der Waals surface area contributed by atoms with Gasteiger partial charge in [0.05, 0.1) is 12.7 Å². The van der Waals surface area contributed by atoms with E-state index in [-0.39, 0.29) is 35.2 Å². The summed E-state index contributed by atoms with van der Waals surface area (Å²) in [5, 5.41) is 28.7. The molecule has 0 radical (unpaired) electrons. The van der Waals surface area contributed by atoms with Gasteiger partial charge in [-0.3, -0.25) is 4.79 Å². The molecular formula is C14H14O5. The van der Waals surface area contributed by atoms with Gasteiger partial charge in [0.25, 0.3) is 0 Å². The maximum absolute atomic E-state index is 12.3. The number of aryl methyl sites for hydroxylation is 1. The molecule has 5 nitrogen and oxygen atoms in total. The third-order valence-corrected chi connectivity index (χ3v) is 3.54. The van der Waals surface area contributed by atoms with Gasteiger partial charge in [0.2, 0.25) is 0 Å². The van der Waals surface area contributed by atoms with Gasteiger partial charge in [-0.1, -0.05) is 0 Å². The molecule has 0 aliphatic heterocycles. The van der Waals surface area contributed by atoms with E-state index in [2.05, 4.69) is 0 Å². The van der Waals surface area contributed by atoms with Crippen LogP contribution in [0.2, 0.25) is 0 Å². The van der Waals surface area contributed by atoms with Crippen LogP contribution < -0.4 is 5.43 Å². The summed E-state index contributed by atoms with van der Waals surface area (Å²) in [7, 11) is 0. The van der Waals surface area contributed by atoms with Crippen LogP contribution >= 0.6 is 0 Å². The molecule has 100 valence electrons. The van der Waals surface area contributed by atoms with Gasteiger partial charge in [-0.15, -0.1) is 0 Å². The van der Waals surface area contributed by atoms with E-state index in [1.165, 1.54) is 6.07 Å². The maximum Gasteiger partial charge on any atom is 0.199 e. The van der Waals surface area contributed by atoms with Crippen LogP contribution in [0.25, 0.3) is 11.0 Å². The Bertz CT molecular complexity index is 701. The highest BCUT2D eigenvalue weighted by Gasteiger charge is 2.24. The average molecular weight is 262 g/mol. The van der Waals surface area contributed by atoms with Crippen LogP contribution in [0.15, 0.2) is 21.3 Å². The molecule has 0 spiro atoms. The number of hydrogen-bond donors (Lipinski definition) is 3. The number of aromatic hydroxyl groups is 1. The second kappa shape index (κ2) is 4.36. The molecule has 2 aromatic rings. The summed E-state index contributed by atoms with van der Waals surface area (Å²) in [6.07, 6.45) is 0.792. The molecule has 1 aromatic heterocycles. The van der Waals surface area contributed by atoms with E-state index in [4.69, 9.17) is 9.52 Å². The molecule has 3 rings (SSSR count). The topological polar surface area (TPSA) is 90.9 Å². The molecule has 1 aromatic carbocycles. The Balaban J connectivity index is 2.33. The summed E-state index contributed by atoms with van der Waals surface area (Å²) < 4.78 is 5.65. The number of phenolic OH excluding ortho intramolecular Hbond substituents is 1. The Labute approximate surface area is 108 Å². The van der Waals surface area contributed by atoms with Gasteiger partial charge >= 0.3 is 0 Å². The van der Waals surface area contributed by atoms with Crippen LogP contribution in [-0.4, -0.2) is 21.4 Å². The minimum Gasteiger partial charge on any atom is -0.507 e. The molecule has 5 heteroatoms. The van der Waals surface area contributed by atoms with Crippen molar-refractivity contribution >= 4 is 11.0 Å². The van der Waals surface area contributed by atoms with Crippen molar-refractivity contribution < 1.29 is 19.7 Å². The molecule has 1 aliphatic carbocycles. The van der Waals surface area contributed by atoms with E-state index in [0.717, 1.165) is 0 Å². The van der Waals surface area contributed by atoms with Crippen molar-refractivity contribution in [1.29, 1.82) is 0 Å². The highest BCUT2D eigenvalue weighted by Crippen LogP contribution is 2.29. The lowest BCUT2D eigenvalue weighted by atomic mass is 9.93. The van der Waals surface area contributed by atoms with E-state index in [9.17, 15) is 15.0 Å². The second-order valence-electron chi connectivity index (χ2n) is 4.88. The number of phenols is 1. The summed E-state index contributed by atoms with van der Waals surface area (Å²) in [5.41, 5.74) is 0.920. The number of benzene rings is 1. The molecule has 0 saturated carbocycles. The lowest BCUT2D eigenvalue weighted by Crippen LogP contribution is -2.25. The smallest absolute Gasteiger partial charge is 0.199 e. The molecule has 19 heavy (non-hydrogen) atoms. The van der Waals surface area contributed by atoms with Gasteiger partial charge in [0.15, 0.2) is 5.43 Å². The first-order valence-corrected chi connectivity index (χ1v) is 6.19. The normalized spacial score (nSPS) is 18.5. The van der Waals surface area contributed by atoms with Gasteiger partial charge in [-0.25, -0.2) is 0 Å². The molecule has 0 fully saturated rings. The van der Waals surface area contributed by atoms with Crippen LogP contribution in [0.5, 0.6) is 5.75 Å². The molecule has 1 atom stereocenters. The molecule has 0 saturated heterocycles. The van der Waals surface area contributed by atoms with E-state index in [1.54, 1.807) is 6.07 Å². The zero-order valence-corrected chi connectivity index (χ0v) is 10.2. The van der Waals surface area contributed by atoms with Gasteiger partial charge in [-0.05, 0) is 24.1 Å². The first kappa shape index (κ1) is 12.2. The first-order chi connectivity index (χ1) is 9.10. The van der Waals surface area contributed by atoms with Gasteiger partial charge in [0.1, 0.15) is 22.5 Å². The summed E-state index contributed by atoms with van der Waals surface area (Å²) >= 11 is 0. The van der Waals surface area contributed by atoms with Crippen LogP contribution in [-0.2, 0) is 19.4 Å². The zero-order chi connectivity index (χ0) is 13.6. The molecular weight excluding hydrogens is 248 g/mol. The Morgan fingerprint density at radius 1 is 1.37 bits per heavy atom. The number of hydrogen-bond acceptors (Lipinski definition) is 5. The van der Waals surface area contributed by atoms with Crippen LogP contribution in [0.3, 0.4) is 0 Å². The van der Waals surface area contributed by atoms with Crippen molar-refractivity contribution in [1.82, 2.24) is 0 Å². The Morgan fingerprint density at radius 3 is 2.89 bits per heavy atom. The molecule has 3 N–H and O–H groups in total. The quantitative estimate of drug-likeness (QED) is 0.708. The zero-order valence-electron chi connectivity index (χ0n) is 10.2. The van der Waals surface area contributed by atoms with E-state index < -0.39 is 6.10 Å². The third kappa shape index (κ3) is 1.91. The maximum atomic E-state index is 12.3. The second-order valence-corrected chi connectivity index (χ2v) is 4.88. The lowest BCUT2D eigenvalue weighted by molar-refractivity contribution is 0.153. The van der Waals surface area contributed by atoms with Crippen molar-refractivity contribution in [2.24, 2.45) is 0 Å². The summed E-state index contributed by atoms with van der Waals surface area (Å²) in [4.78, 5) is 12.3. The Morgan fingerprint density at radius 2 is 2.16 bits per heavy atom. The number of aliphatic hydroxyl groups is 2. The van der Waals surface area contributed by atoms with E-state index >= 15 is 0 Å². The van der Waals surface area contributed by atoms with Gasteiger partial charge < -0.3 is 19.7 Å². The van der Waals surface area contributed by atoms with Crippen LogP contribution in [0, 0.1) is 0 Å². The minimum absolute atomic E-state index is 0.116. The Kier molecular flexibility index (Phi) is 2.80. The number of fused-ring (bicyclic) bond motifs is 2. The van der Waals surface area contributed by atoms with Gasteiger partial charge in [-0.2, -0.15) is 0 Å². The van der Waals surface area contributed by atoms with Crippen LogP contribution in [0.4, 0.5) is 0 Å².